The van der Waals surface area contributed by atoms with E-state index in [0.29, 0.717) is 19.3 Å². The molecule has 0 heterocycles. The first-order valence-corrected chi connectivity index (χ1v) is 6.41. The molecule has 0 aromatic carbocycles. The molecule has 6 heteroatoms. The first-order valence-electron chi connectivity index (χ1n) is 6.41. The Morgan fingerprint density at radius 2 is 1.89 bits per heavy atom. The van der Waals surface area contributed by atoms with Crippen LogP contribution in [0.5, 0.6) is 0 Å². The number of nitrogens with two attached hydrogens (primary N) is 1. The third kappa shape index (κ3) is 3.60. The van der Waals surface area contributed by atoms with Gasteiger partial charge in [-0.15, -0.1) is 0 Å². The van der Waals surface area contributed by atoms with E-state index < -0.39 is 18.1 Å². The molecule has 18 heavy (non-hydrogen) atoms. The van der Waals surface area contributed by atoms with Gasteiger partial charge >= 0.3 is 6.18 Å². The second kappa shape index (κ2) is 5.91. The average molecular weight is 266 g/mol. The van der Waals surface area contributed by atoms with Gasteiger partial charge in [-0.1, -0.05) is 19.8 Å². The summed E-state index contributed by atoms with van der Waals surface area (Å²) in [6, 6.07) is 0. The van der Waals surface area contributed by atoms with Crippen LogP contribution in [0.25, 0.3) is 0 Å². The second-order valence-corrected chi connectivity index (χ2v) is 4.97. The Morgan fingerprint density at radius 3 is 2.28 bits per heavy atom. The minimum absolute atomic E-state index is 0.0277. The van der Waals surface area contributed by atoms with Crippen molar-refractivity contribution in [3.8, 4) is 0 Å². The highest BCUT2D eigenvalue weighted by Crippen LogP contribution is 2.42. The average Bonchev–Trinajstić information content (AvgIpc) is 2.75. The lowest BCUT2D eigenvalue weighted by Gasteiger charge is -2.34. The number of hydrogen-bond acceptors (Lipinski definition) is 2. The van der Waals surface area contributed by atoms with Crippen molar-refractivity contribution in [1.82, 2.24) is 4.90 Å². The molecule has 0 aliphatic heterocycles. The monoisotopic (exact) mass is 266 g/mol. The van der Waals surface area contributed by atoms with Crippen molar-refractivity contribution in [3.05, 3.63) is 0 Å². The van der Waals surface area contributed by atoms with Gasteiger partial charge in [-0.2, -0.15) is 13.2 Å². The Kier molecular flexibility index (Phi) is 5.01. The molecule has 0 atom stereocenters. The summed E-state index contributed by atoms with van der Waals surface area (Å²) >= 11 is 0. The van der Waals surface area contributed by atoms with Crippen LogP contribution < -0.4 is 5.73 Å². The summed E-state index contributed by atoms with van der Waals surface area (Å²) in [7, 11) is 0. The molecule has 1 rings (SSSR count). The third-order valence-electron chi connectivity index (χ3n) is 3.75. The van der Waals surface area contributed by atoms with Gasteiger partial charge in [0.25, 0.3) is 0 Å². The van der Waals surface area contributed by atoms with Crippen LogP contribution in [0.1, 0.15) is 39.0 Å². The molecule has 1 aliphatic carbocycles. The number of hydrogen-bond donors (Lipinski definition) is 1. The molecule has 1 amide bonds. The Balaban J connectivity index is 2.81. The quantitative estimate of drug-likeness (QED) is 0.830. The third-order valence-corrected chi connectivity index (χ3v) is 3.75. The predicted octanol–water partition coefficient (Wildman–Crippen LogP) is 2.31. The van der Waals surface area contributed by atoms with Crippen LogP contribution in [0.3, 0.4) is 0 Å². The maximum absolute atomic E-state index is 12.5. The van der Waals surface area contributed by atoms with Gasteiger partial charge in [0.1, 0.15) is 6.54 Å². The SMILES string of the molecule is CCC1(C(=O)N(CCN)CC(F)(F)F)CCCC1. The largest absolute Gasteiger partial charge is 0.406 e. The lowest BCUT2D eigenvalue weighted by molar-refractivity contribution is -0.167. The molecule has 3 nitrogen and oxygen atoms in total. The van der Waals surface area contributed by atoms with E-state index in [0.717, 1.165) is 17.7 Å². The topological polar surface area (TPSA) is 46.3 Å². The lowest BCUT2D eigenvalue weighted by Crippen LogP contribution is -2.48. The number of carbonyl (C=O) groups is 1. The number of rotatable bonds is 5. The van der Waals surface area contributed by atoms with Crippen LogP contribution in [0, 0.1) is 5.41 Å². The fraction of sp³-hybridized carbons (Fsp3) is 0.917. The van der Waals surface area contributed by atoms with Crippen LogP contribution in [0.4, 0.5) is 13.2 Å². The lowest BCUT2D eigenvalue weighted by atomic mass is 9.82. The van der Waals surface area contributed by atoms with Gasteiger partial charge < -0.3 is 10.6 Å². The second-order valence-electron chi connectivity index (χ2n) is 4.97. The summed E-state index contributed by atoms with van der Waals surface area (Å²) in [4.78, 5) is 13.2. The minimum atomic E-state index is -4.36. The number of halogens is 3. The molecule has 0 saturated heterocycles. The fourth-order valence-corrected chi connectivity index (χ4v) is 2.73. The predicted molar refractivity (Wildman–Crippen MR) is 62.9 cm³/mol. The summed E-state index contributed by atoms with van der Waals surface area (Å²) in [6.07, 6.45) is -0.532. The van der Waals surface area contributed by atoms with Crippen LogP contribution in [-0.4, -0.2) is 36.6 Å². The van der Waals surface area contributed by atoms with Gasteiger partial charge in [-0.25, -0.2) is 0 Å². The molecule has 1 fully saturated rings. The van der Waals surface area contributed by atoms with Gasteiger partial charge in [-0.05, 0) is 19.3 Å². The molecule has 1 saturated carbocycles. The summed E-state index contributed by atoms with van der Waals surface area (Å²) in [6.45, 7) is 0.712. The first-order chi connectivity index (χ1) is 8.34. The summed E-state index contributed by atoms with van der Waals surface area (Å²) in [5.41, 5.74) is 4.73. The summed E-state index contributed by atoms with van der Waals surface area (Å²) in [5, 5.41) is 0. The maximum atomic E-state index is 12.5. The first kappa shape index (κ1) is 15.3. The van der Waals surface area contributed by atoms with Crippen molar-refractivity contribution < 1.29 is 18.0 Å². The van der Waals surface area contributed by atoms with Gasteiger partial charge in [-0.3, -0.25) is 4.79 Å². The van der Waals surface area contributed by atoms with E-state index in [1.165, 1.54) is 0 Å². The molecule has 106 valence electrons. The van der Waals surface area contributed by atoms with Crippen LogP contribution in [0.2, 0.25) is 0 Å². The van der Waals surface area contributed by atoms with Crippen LogP contribution in [-0.2, 0) is 4.79 Å². The van der Waals surface area contributed by atoms with Crippen molar-refractivity contribution in [3.63, 3.8) is 0 Å². The molecular weight excluding hydrogens is 245 g/mol. The van der Waals surface area contributed by atoms with Gasteiger partial charge in [0.05, 0.1) is 0 Å². The van der Waals surface area contributed by atoms with E-state index in [-0.39, 0.29) is 19.0 Å². The van der Waals surface area contributed by atoms with E-state index in [4.69, 9.17) is 5.73 Å². The fourth-order valence-electron chi connectivity index (χ4n) is 2.73. The minimum Gasteiger partial charge on any atom is -0.332 e. The molecule has 1 aliphatic rings. The maximum Gasteiger partial charge on any atom is 0.406 e. The zero-order chi connectivity index (χ0) is 13.8. The highest BCUT2D eigenvalue weighted by atomic mass is 19.4. The Bertz CT molecular complexity index is 286. The molecule has 0 radical (unpaired) electrons. The molecule has 0 aromatic rings. The van der Waals surface area contributed by atoms with Gasteiger partial charge in [0.2, 0.25) is 5.91 Å². The Hall–Kier alpha value is -0.780. The van der Waals surface area contributed by atoms with E-state index in [1.54, 1.807) is 0 Å². The van der Waals surface area contributed by atoms with Crippen molar-refractivity contribution in [2.45, 2.75) is 45.2 Å². The van der Waals surface area contributed by atoms with Gasteiger partial charge in [0.15, 0.2) is 0 Å². The van der Waals surface area contributed by atoms with Crippen molar-refractivity contribution >= 4 is 5.91 Å². The molecule has 0 aromatic heterocycles. The summed E-state index contributed by atoms with van der Waals surface area (Å²) < 4.78 is 37.4. The Morgan fingerprint density at radius 1 is 1.33 bits per heavy atom. The molecule has 2 N–H and O–H groups in total. The molecule has 0 unspecified atom stereocenters. The normalized spacial score (nSPS) is 18.9. The molecule has 0 spiro atoms. The highest BCUT2D eigenvalue weighted by molar-refractivity contribution is 5.83. The standard InChI is InChI=1S/C12H21F3N2O/c1-2-11(5-3-4-6-11)10(18)17(8-7-16)9-12(13,14)15/h2-9,16H2,1H3. The smallest absolute Gasteiger partial charge is 0.332 e. The van der Waals surface area contributed by atoms with E-state index in [9.17, 15) is 18.0 Å². The highest BCUT2D eigenvalue weighted by Gasteiger charge is 2.44. The number of alkyl halides is 3. The van der Waals surface area contributed by atoms with Crippen LogP contribution in [0.15, 0.2) is 0 Å². The van der Waals surface area contributed by atoms with E-state index >= 15 is 0 Å². The molecular formula is C12H21F3N2O. The van der Waals surface area contributed by atoms with Crippen LogP contribution >= 0.6 is 0 Å². The zero-order valence-corrected chi connectivity index (χ0v) is 10.7. The zero-order valence-electron chi connectivity index (χ0n) is 10.7. The van der Waals surface area contributed by atoms with Gasteiger partial charge in [0, 0.05) is 18.5 Å². The number of carbonyl (C=O) groups excluding carboxylic acids is 1. The van der Waals surface area contributed by atoms with Crippen molar-refractivity contribution in [1.29, 1.82) is 0 Å². The van der Waals surface area contributed by atoms with E-state index in [1.807, 2.05) is 6.92 Å². The van der Waals surface area contributed by atoms with Crippen molar-refractivity contribution in [2.75, 3.05) is 19.6 Å². The van der Waals surface area contributed by atoms with Crippen molar-refractivity contribution in [2.24, 2.45) is 11.1 Å². The Labute approximate surface area is 106 Å². The number of nitrogens with zero attached hydrogens (tertiary/aromatic N) is 1. The number of amides is 1. The van der Waals surface area contributed by atoms with E-state index in [2.05, 4.69) is 0 Å². The molecule has 0 bridgehead atoms. The summed E-state index contributed by atoms with van der Waals surface area (Å²) in [5.74, 6) is -0.370.